The second-order valence-electron chi connectivity index (χ2n) is 15.4. The fraction of sp³-hybridized carbons (Fsp3) is 0.743. The van der Waals surface area contributed by atoms with E-state index in [1.54, 1.807) is 0 Å². The van der Waals surface area contributed by atoms with Crippen LogP contribution >= 0.6 is 0 Å². The van der Waals surface area contributed by atoms with Crippen LogP contribution in [0.15, 0.2) is 24.5 Å². The van der Waals surface area contributed by atoms with Gasteiger partial charge in [0.1, 0.15) is 0 Å². The van der Waals surface area contributed by atoms with Gasteiger partial charge >= 0.3 is 5.97 Å². The third kappa shape index (κ3) is 3.34. The third-order valence-corrected chi connectivity index (χ3v) is 13.8. The van der Waals surface area contributed by atoms with Crippen molar-refractivity contribution in [1.29, 1.82) is 0 Å². The zero-order valence-electron chi connectivity index (χ0n) is 25.1. The van der Waals surface area contributed by atoms with Crippen molar-refractivity contribution in [3.63, 3.8) is 0 Å². The topological polar surface area (TPSA) is 52.1 Å². The van der Waals surface area contributed by atoms with E-state index in [1.807, 2.05) is 12.4 Å². The average molecular weight is 529 g/mol. The lowest BCUT2D eigenvalue weighted by molar-refractivity contribution is -0.229. The smallest absolute Gasteiger partial charge is 0.313 e. The fourth-order valence-electron chi connectivity index (χ4n) is 12.1. The van der Waals surface area contributed by atoms with E-state index in [9.17, 15) is 4.79 Å². The Balaban J connectivity index is 1.41. The third-order valence-electron chi connectivity index (χ3n) is 13.8. The van der Waals surface area contributed by atoms with E-state index in [0.29, 0.717) is 29.6 Å². The summed E-state index contributed by atoms with van der Waals surface area (Å²) in [6.07, 6.45) is 19.2. The molecule has 4 fully saturated rings. The standard InChI is InChI=1S/C35H48N2O2/c1-9-20-39-30(38)35-15-12-23(22(2)3)28(35)24-10-11-27-32(6)21-25-29(37-19-18-36-25)31(4,5)26(32)13-14-34(27,8)33(24,7)16-17-35/h1,18-19,23-24,26-28H,2,10-17,20-21H2,3-8H3/t23-,24+,26-,27+,28+,32-,33+,34+,35-/m0/s1. The summed E-state index contributed by atoms with van der Waals surface area (Å²) in [5.41, 5.74) is 3.88. The van der Waals surface area contributed by atoms with Gasteiger partial charge in [-0.15, -0.1) is 6.42 Å². The van der Waals surface area contributed by atoms with E-state index >= 15 is 0 Å². The largest absolute Gasteiger partial charge is 0.452 e. The van der Waals surface area contributed by atoms with Gasteiger partial charge in [-0.1, -0.05) is 52.7 Å². The summed E-state index contributed by atoms with van der Waals surface area (Å²) in [6.45, 7) is 19.4. The predicted molar refractivity (Wildman–Crippen MR) is 155 cm³/mol. The zero-order valence-corrected chi connectivity index (χ0v) is 25.1. The van der Waals surface area contributed by atoms with Crippen LogP contribution in [0.5, 0.6) is 0 Å². The number of hydrogen-bond donors (Lipinski definition) is 0. The molecular formula is C35H48N2O2. The van der Waals surface area contributed by atoms with Crippen molar-refractivity contribution in [3.8, 4) is 12.3 Å². The summed E-state index contributed by atoms with van der Waals surface area (Å²) in [5, 5.41) is 0. The molecule has 0 saturated heterocycles. The number of fused-ring (bicyclic) bond motifs is 8. The number of rotatable bonds is 3. The van der Waals surface area contributed by atoms with E-state index in [2.05, 4.69) is 54.0 Å². The Labute approximate surface area is 236 Å². The van der Waals surface area contributed by atoms with Gasteiger partial charge in [0.15, 0.2) is 6.61 Å². The van der Waals surface area contributed by atoms with Crippen LogP contribution in [0.25, 0.3) is 0 Å². The van der Waals surface area contributed by atoms with Gasteiger partial charge in [-0.3, -0.25) is 14.8 Å². The van der Waals surface area contributed by atoms with E-state index in [4.69, 9.17) is 21.1 Å². The lowest BCUT2D eigenvalue weighted by Gasteiger charge is -2.72. The summed E-state index contributed by atoms with van der Waals surface area (Å²) in [5.74, 6) is 4.91. The number of carbonyl (C=O) groups is 1. The molecule has 4 heteroatoms. The fourth-order valence-corrected chi connectivity index (χ4v) is 12.1. The van der Waals surface area contributed by atoms with Crippen molar-refractivity contribution in [2.75, 3.05) is 6.61 Å². The van der Waals surface area contributed by atoms with Crippen LogP contribution in [0.4, 0.5) is 0 Å². The minimum Gasteiger partial charge on any atom is -0.452 e. The van der Waals surface area contributed by atoms with Gasteiger partial charge in [-0.05, 0) is 111 Å². The van der Waals surface area contributed by atoms with Crippen LogP contribution in [-0.4, -0.2) is 22.5 Å². The first kappa shape index (κ1) is 27.0. The van der Waals surface area contributed by atoms with Gasteiger partial charge in [0.2, 0.25) is 0 Å². The molecule has 0 spiro atoms. The van der Waals surface area contributed by atoms with Crippen molar-refractivity contribution in [2.24, 2.45) is 51.2 Å². The van der Waals surface area contributed by atoms with Crippen molar-refractivity contribution in [2.45, 2.75) is 105 Å². The van der Waals surface area contributed by atoms with Crippen LogP contribution < -0.4 is 0 Å². The van der Waals surface area contributed by atoms with Gasteiger partial charge < -0.3 is 4.74 Å². The number of nitrogens with zero attached hydrogens (tertiary/aromatic N) is 2. The van der Waals surface area contributed by atoms with E-state index in [0.717, 1.165) is 32.1 Å². The Morgan fingerprint density at radius 2 is 1.74 bits per heavy atom. The van der Waals surface area contributed by atoms with E-state index < -0.39 is 5.41 Å². The molecule has 0 amide bonds. The molecule has 4 saturated carbocycles. The average Bonchev–Trinajstić information content (AvgIpc) is 3.29. The molecule has 1 aromatic heterocycles. The Hall–Kier alpha value is -2.15. The first-order valence-corrected chi connectivity index (χ1v) is 15.4. The number of aromatic nitrogens is 2. The van der Waals surface area contributed by atoms with Crippen LogP contribution in [0.2, 0.25) is 0 Å². The van der Waals surface area contributed by atoms with Gasteiger partial charge in [-0.25, -0.2) is 0 Å². The van der Waals surface area contributed by atoms with Gasteiger partial charge in [0.25, 0.3) is 0 Å². The maximum absolute atomic E-state index is 13.7. The molecule has 39 heavy (non-hydrogen) atoms. The predicted octanol–water partition coefficient (Wildman–Crippen LogP) is 7.32. The highest BCUT2D eigenvalue weighted by molar-refractivity contribution is 5.78. The van der Waals surface area contributed by atoms with Gasteiger partial charge in [0, 0.05) is 17.8 Å². The maximum Gasteiger partial charge on any atom is 0.313 e. The van der Waals surface area contributed by atoms with E-state index in [1.165, 1.54) is 42.6 Å². The maximum atomic E-state index is 13.7. The first-order chi connectivity index (χ1) is 18.4. The summed E-state index contributed by atoms with van der Waals surface area (Å²) in [7, 11) is 0. The van der Waals surface area contributed by atoms with Gasteiger partial charge in [-0.2, -0.15) is 0 Å². The first-order valence-electron chi connectivity index (χ1n) is 15.4. The molecule has 5 aliphatic rings. The SMILES string of the molecule is C#CCOC(=O)[C@]12CC[C@@H](C(=C)C)[C@@H]1[C@H]1CC[C@@H]3[C@@]4(C)Cc5nccnc5C(C)(C)[C@@H]4CC[C@@]3(C)[C@]1(C)CC2. The normalized spacial score (nSPS) is 45.4. The lowest BCUT2D eigenvalue weighted by atomic mass is 9.32. The summed E-state index contributed by atoms with van der Waals surface area (Å²) >= 11 is 0. The van der Waals surface area contributed by atoms with E-state index in [-0.39, 0.29) is 34.2 Å². The molecule has 0 unspecified atom stereocenters. The summed E-state index contributed by atoms with van der Waals surface area (Å²) in [6, 6.07) is 0. The lowest BCUT2D eigenvalue weighted by Crippen LogP contribution is -2.67. The van der Waals surface area contributed by atoms with Crippen LogP contribution in [-0.2, 0) is 21.4 Å². The highest BCUT2D eigenvalue weighted by atomic mass is 16.5. The molecule has 4 nitrogen and oxygen atoms in total. The van der Waals surface area contributed by atoms with Gasteiger partial charge in [0.05, 0.1) is 16.8 Å². The van der Waals surface area contributed by atoms with Crippen molar-refractivity contribution in [3.05, 3.63) is 35.9 Å². The number of allylic oxidation sites excluding steroid dienone is 1. The number of ether oxygens (including phenoxy) is 1. The monoisotopic (exact) mass is 528 g/mol. The van der Waals surface area contributed by atoms with Crippen LogP contribution in [0, 0.1) is 63.6 Å². The molecule has 0 radical (unpaired) electrons. The number of terminal acetylenes is 1. The molecule has 1 aromatic rings. The Morgan fingerprint density at radius 1 is 1.00 bits per heavy atom. The summed E-state index contributed by atoms with van der Waals surface area (Å²) in [4.78, 5) is 23.5. The highest BCUT2D eigenvalue weighted by Gasteiger charge is 2.72. The molecule has 1 heterocycles. The molecular weight excluding hydrogens is 480 g/mol. The minimum absolute atomic E-state index is 0.0225. The Morgan fingerprint density at radius 3 is 2.46 bits per heavy atom. The second kappa shape index (κ2) is 8.67. The molecule has 6 rings (SSSR count). The van der Waals surface area contributed by atoms with Crippen molar-refractivity contribution < 1.29 is 9.53 Å². The molecule has 0 N–H and O–H groups in total. The molecule has 0 aromatic carbocycles. The molecule has 9 atom stereocenters. The number of carbonyl (C=O) groups excluding carboxylic acids is 1. The molecule has 0 bridgehead atoms. The number of hydrogen-bond acceptors (Lipinski definition) is 4. The van der Waals surface area contributed by atoms with Crippen LogP contribution in [0.1, 0.15) is 104 Å². The Bertz CT molecular complexity index is 1250. The molecule has 5 aliphatic carbocycles. The van der Waals surface area contributed by atoms with Crippen LogP contribution in [0.3, 0.4) is 0 Å². The Kier molecular flexibility index (Phi) is 6.01. The molecule has 210 valence electrons. The minimum atomic E-state index is -0.406. The zero-order chi connectivity index (χ0) is 28.0. The van der Waals surface area contributed by atoms with Crippen molar-refractivity contribution in [1.82, 2.24) is 9.97 Å². The summed E-state index contributed by atoms with van der Waals surface area (Å²) < 4.78 is 5.73. The highest BCUT2D eigenvalue weighted by Crippen LogP contribution is 2.77. The van der Waals surface area contributed by atoms with Crippen molar-refractivity contribution >= 4 is 5.97 Å². The number of esters is 1. The molecule has 0 aliphatic heterocycles. The quantitative estimate of drug-likeness (QED) is 0.234. The second-order valence-corrected chi connectivity index (χ2v) is 15.4.